The van der Waals surface area contributed by atoms with Crippen molar-refractivity contribution in [2.24, 2.45) is 7.05 Å². The minimum absolute atomic E-state index is 0.0469. The maximum Gasteiger partial charge on any atom is 0.173 e. The molecule has 1 aliphatic heterocycles. The van der Waals surface area contributed by atoms with Gasteiger partial charge in [0.1, 0.15) is 48.2 Å². The van der Waals surface area contributed by atoms with E-state index in [2.05, 4.69) is 33.1 Å². The van der Waals surface area contributed by atoms with Crippen LogP contribution >= 0.6 is 0 Å². The number of halogens is 1. The van der Waals surface area contributed by atoms with Gasteiger partial charge in [0, 0.05) is 49.5 Å². The molecule has 3 N–H and O–H groups in total. The smallest absolute Gasteiger partial charge is 0.173 e. The molecule has 5 heterocycles. The van der Waals surface area contributed by atoms with Crippen molar-refractivity contribution in [2.75, 3.05) is 24.3 Å². The molecule has 0 bridgehead atoms. The molecule has 1 aromatic carbocycles. The van der Waals surface area contributed by atoms with Gasteiger partial charge < -0.3 is 29.8 Å². The molecule has 2 fully saturated rings. The van der Waals surface area contributed by atoms with E-state index in [4.69, 9.17) is 20.2 Å². The normalized spacial score (nSPS) is 22.8. The average Bonchev–Trinajstić information content (AvgIpc) is 3.62. The standard InChI is InChI=1S/C29H31FN8O3/c1-36-11-10-20(35-36)19-13-38(28-24(19)27(31)32-15-33-28)29-25(30)26(39)22(41-29)14-40-18-8-6-16-7-9-23(34-21(16)12-18)37(2)17-4-3-5-17/h6-13,15,17,22,25-26,29,39H,3-5,14H2,1-2H3,(H2,31,32,33)/t22-,25+,26-,29-/m1/s1. The Balaban J connectivity index is 1.12. The number of nitrogen functional groups attached to an aromatic ring is 1. The van der Waals surface area contributed by atoms with Gasteiger partial charge in [0.05, 0.1) is 16.6 Å². The van der Waals surface area contributed by atoms with Crippen molar-refractivity contribution < 1.29 is 19.0 Å². The Morgan fingerprint density at radius 2 is 2.02 bits per heavy atom. The number of aliphatic hydroxyl groups excluding tert-OH is 1. The molecule has 1 saturated carbocycles. The lowest BCUT2D eigenvalue weighted by Gasteiger charge is -2.35. The van der Waals surface area contributed by atoms with Gasteiger partial charge in [-0.25, -0.2) is 19.3 Å². The highest BCUT2D eigenvalue weighted by molar-refractivity contribution is 5.99. The van der Waals surface area contributed by atoms with Crippen molar-refractivity contribution in [1.82, 2.24) is 29.3 Å². The number of alkyl halides is 1. The molecule has 1 saturated heterocycles. The van der Waals surface area contributed by atoms with E-state index in [0.29, 0.717) is 34.1 Å². The highest BCUT2D eigenvalue weighted by Crippen LogP contribution is 2.39. The third-order valence-electron chi connectivity index (χ3n) is 8.24. The Hall–Kier alpha value is -4.29. The second-order valence-corrected chi connectivity index (χ2v) is 10.8. The largest absolute Gasteiger partial charge is 0.491 e. The van der Waals surface area contributed by atoms with Crippen LogP contribution in [0.4, 0.5) is 16.0 Å². The van der Waals surface area contributed by atoms with Gasteiger partial charge >= 0.3 is 0 Å². The van der Waals surface area contributed by atoms with Crippen LogP contribution in [0.1, 0.15) is 25.5 Å². The van der Waals surface area contributed by atoms with Gasteiger partial charge in [-0.3, -0.25) is 4.68 Å². The number of nitrogens with zero attached hydrogens (tertiary/aromatic N) is 7. The van der Waals surface area contributed by atoms with Crippen LogP contribution in [0.15, 0.2) is 55.1 Å². The first-order valence-corrected chi connectivity index (χ1v) is 13.7. The number of ether oxygens (including phenoxy) is 2. The Labute approximate surface area is 235 Å². The third kappa shape index (κ3) is 4.43. The monoisotopic (exact) mass is 558 g/mol. The van der Waals surface area contributed by atoms with E-state index in [1.807, 2.05) is 30.3 Å². The lowest BCUT2D eigenvalue weighted by molar-refractivity contribution is -0.0410. The third-order valence-corrected chi connectivity index (χ3v) is 8.24. The van der Waals surface area contributed by atoms with Crippen LogP contribution in [0.5, 0.6) is 5.75 Å². The second kappa shape index (κ2) is 9.96. The zero-order valence-corrected chi connectivity index (χ0v) is 22.8. The summed E-state index contributed by atoms with van der Waals surface area (Å²) in [5.41, 5.74) is 8.67. The number of fused-ring (bicyclic) bond motifs is 2. The number of aliphatic hydroxyl groups is 1. The van der Waals surface area contributed by atoms with Crippen molar-refractivity contribution in [3.63, 3.8) is 0 Å². The molecule has 4 atom stereocenters. The van der Waals surface area contributed by atoms with E-state index >= 15 is 4.39 Å². The first kappa shape index (κ1) is 25.7. The SMILES string of the molecule is CN(c1ccc2ccc(OC[C@H]3O[C@@H](n4cc(-c5ccn(C)n5)c5c(N)ncnc54)[C@@H](F)[C@@H]3O)cc2n1)C1CCC1. The van der Waals surface area contributed by atoms with Gasteiger partial charge in [-0.1, -0.05) is 0 Å². The quantitative estimate of drug-likeness (QED) is 0.308. The molecule has 11 nitrogen and oxygen atoms in total. The summed E-state index contributed by atoms with van der Waals surface area (Å²) in [5.74, 6) is 1.73. The van der Waals surface area contributed by atoms with Crippen LogP contribution in [0.25, 0.3) is 33.2 Å². The van der Waals surface area contributed by atoms with E-state index in [9.17, 15) is 5.11 Å². The molecule has 4 aromatic heterocycles. The van der Waals surface area contributed by atoms with E-state index < -0.39 is 24.6 Å². The molecule has 0 unspecified atom stereocenters. The van der Waals surface area contributed by atoms with Gasteiger partial charge in [-0.2, -0.15) is 5.10 Å². The molecule has 12 heteroatoms. The van der Waals surface area contributed by atoms with Gasteiger partial charge in [0.25, 0.3) is 0 Å². The summed E-state index contributed by atoms with van der Waals surface area (Å²) >= 11 is 0. The van der Waals surface area contributed by atoms with Crippen LogP contribution in [0.2, 0.25) is 0 Å². The molecule has 212 valence electrons. The van der Waals surface area contributed by atoms with Gasteiger partial charge in [0.2, 0.25) is 0 Å². The number of aryl methyl sites for hydroxylation is 1. The summed E-state index contributed by atoms with van der Waals surface area (Å²) in [4.78, 5) is 15.5. The number of hydrogen-bond acceptors (Lipinski definition) is 9. The van der Waals surface area contributed by atoms with Crippen molar-refractivity contribution in [3.8, 4) is 17.0 Å². The fourth-order valence-electron chi connectivity index (χ4n) is 5.63. The van der Waals surface area contributed by atoms with Crippen LogP contribution in [-0.2, 0) is 11.8 Å². The fraction of sp³-hybridized carbons (Fsp3) is 0.379. The Bertz CT molecular complexity index is 1730. The molecular weight excluding hydrogens is 527 g/mol. The number of aromatic nitrogens is 6. The number of rotatable bonds is 7. The number of hydrogen-bond donors (Lipinski definition) is 2. The zero-order chi connectivity index (χ0) is 28.2. The topological polar surface area (TPSA) is 129 Å². The Kier molecular flexibility index (Phi) is 6.24. The molecule has 41 heavy (non-hydrogen) atoms. The fourth-order valence-corrected chi connectivity index (χ4v) is 5.63. The summed E-state index contributed by atoms with van der Waals surface area (Å²) < 4.78 is 30.8. The summed E-state index contributed by atoms with van der Waals surface area (Å²) in [6, 6.07) is 12.1. The Morgan fingerprint density at radius 1 is 1.20 bits per heavy atom. The summed E-state index contributed by atoms with van der Waals surface area (Å²) in [7, 11) is 3.88. The molecular formula is C29H31FN8O3. The van der Waals surface area contributed by atoms with E-state index in [-0.39, 0.29) is 12.4 Å². The maximum atomic E-state index is 15.6. The van der Waals surface area contributed by atoms with E-state index in [1.165, 1.54) is 25.6 Å². The second-order valence-electron chi connectivity index (χ2n) is 10.8. The summed E-state index contributed by atoms with van der Waals surface area (Å²) in [6.07, 6.45) is 3.25. The van der Waals surface area contributed by atoms with Crippen molar-refractivity contribution >= 4 is 33.6 Å². The summed E-state index contributed by atoms with van der Waals surface area (Å²) in [5, 5.41) is 16.8. The van der Waals surface area contributed by atoms with Crippen LogP contribution in [-0.4, -0.2) is 72.5 Å². The number of pyridine rings is 1. The molecule has 5 aromatic rings. The lowest BCUT2D eigenvalue weighted by Crippen LogP contribution is -2.37. The van der Waals surface area contributed by atoms with Crippen molar-refractivity contribution in [2.45, 2.75) is 49.9 Å². The first-order valence-electron chi connectivity index (χ1n) is 13.7. The number of anilines is 2. The predicted molar refractivity (Wildman–Crippen MR) is 152 cm³/mol. The molecule has 2 aliphatic rings. The van der Waals surface area contributed by atoms with E-state index in [0.717, 1.165) is 16.7 Å². The number of benzene rings is 1. The van der Waals surface area contributed by atoms with Gasteiger partial charge in [-0.15, -0.1) is 0 Å². The molecule has 0 spiro atoms. The van der Waals surface area contributed by atoms with Gasteiger partial charge in [-0.05, 0) is 49.6 Å². The predicted octanol–water partition coefficient (Wildman–Crippen LogP) is 3.63. The zero-order valence-electron chi connectivity index (χ0n) is 22.8. The minimum atomic E-state index is -1.73. The van der Waals surface area contributed by atoms with Crippen LogP contribution < -0.4 is 15.4 Å². The maximum absolute atomic E-state index is 15.6. The van der Waals surface area contributed by atoms with Crippen LogP contribution in [0.3, 0.4) is 0 Å². The average molecular weight is 559 g/mol. The van der Waals surface area contributed by atoms with Crippen LogP contribution in [0, 0.1) is 0 Å². The molecule has 0 amide bonds. The van der Waals surface area contributed by atoms with E-state index in [1.54, 1.807) is 28.7 Å². The van der Waals surface area contributed by atoms with Crippen molar-refractivity contribution in [1.29, 1.82) is 0 Å². The van der Waals surface area contributed by atoms with Gasteiger partial charge in [0.15, 0.2) is 12.4 Å². The highest BCUT2D eigenvalue weighted by Gasteiger charge is 2.46. The lowest BCUT2D eigenvalue weighted by atomic mass is 9.92. The molecule has 0 radical (unpaired) electrons. The molecule has 7 rings (SSSR count). The highest BCUT2D eigenvalue weighted by atomic mass is 19.1. The minimum Gasteiger partial charge on any atom is -0.491 e. The van der Waals surface area contributed by atoms with Crippen molar-refractivity contribution in [3.05, 3.63) is 55.1 Å². The first-order chi connectivity index (χ1) is 19.9. The number of nitrogens with two attached hydrogens (primary N) is 1. The Morgan fingerprint density at radius 3 is 2.78 bits per heavy atom. The summed E-state index contributed by atoms with van der Waals surface area (Å²) in [6.45, 7) is -0.0469. The molecule has 1 aliphatic carbocycles.